The Kier molecular flexibility index (Phi) is 2.04. The number of fused-ring (bicyclic) bond motifs is 1. The summed E-state index contributed by atoms with van der Waals surface area (Å²) in [5, 5.41) is 0.255. The van der Waals surface area contributed by atoms with Crippen molar-refractivity contribution < 1.29 is 13.2 Å². The zero-order valence-electron chi connectivity index (χ0n) is 8.47. The Labute approximate surface area is 85.7 Å². The summed E-state index contributed by atoms with van der Waals surface area (Å²) >= 11 is 0. The maximum atomic E-state index is 13.9. The van der Waals surface area contributed by atoms with Gasteiger partial charge in [-0.3, -0.25) is 0 Å². The molecule has 2 aromatic rings. The largest absolute Gasteiger partial charge is 0.464 e. The fraction of sp³-hybridized carbons (Fsp3) is 0.273. The second-order valence-corrected chi connectivity index (χ2v) is 4.10. The summed E-state index contributed by atoms with van der Waals surface area (Å²) in [6.45, 7) is 3.11. The SMILES string of the molecule is CC(C)(N)c1c(F)cc2occc2c1F. The van der Waals surface area contributed by atoms with Gasteiger partial charge in [-0.1, -0.05) is 0 Å². The van der Waals surface area contributed by atoms with Crippen molar-refractivity contribution in [2.75, 3.05) is 0 Å². The summed E-state index contributed by atoms with van der Waals surface area (Å²) in [4.78, 5) is 0. The first kappa shape index (κ1) is 10.1. The van der Waals surface area contributed by atoms with E-state index in [2.05, 4.69) is 0 Å². The predicted molar refractivity (Wildman–Crippen MR) is 53.3 cm³/mol. The summed E-state index contributed by atoms with van der Waals surface area (Å²) in [5.41, 5.74) is 4.73. The molecular weight excluding hydrogens is 200 g/mol. The van der Waals surface area contributed by atoms with Gasteiger partial charge in [0.15, 0.2) is 0 Å². The van der Waals surface area contributed by atoms with Crippen LogP contribution in [0.2, 0.25) is 0 Å². The van der Waals surface area contributed by atoms with Crippen molar-refractivity contribution in [1.82, 2.24) is 0 Å². The monoisotopic (exact) mass is 211 g/mol. The lowest BCUT2D eigenvalue weighted by molar-refractivity contribution is 0.462. The zero-order valence-corrected chi connectivity index (χ0v) is 8.47. The fourth-order valence-electron chi connectivity index (χ4n) is 1.63. The van der Waals surface area contributed by atoms with Gasteiger partial charge >= 0.3 is 0 Å². The average Bonchev–Trinajstić information content (AvgIpc) is 2.48. The molecule has 2 N–H and O–H groups in total. The van der Waals surface area contributed by atoms with Crippen LogP contribution in [0.1, 0.15) is 19.4 Å². The van der Waals surface area contributed by atoms with Gasteiger partial charge in [-0.2, -0.15) is 0 Å². The molecule has 1 heterocycles. The first-order chi connectivity index (χ1) is 6.91. The number of halogens is 2. The van der Waals surface area contributed by atoms with E-state index in [-0.39, 0.29) is 16.5 Å². The fourth-order valence-corrected chi connectivity index (χ4v) is 1.63. The van der Waals surface area contributed by atoms with Crippen molar-refractivity contribution in [3.63, 3.8) is 0 Å². The van der Waals surface area contributed by atoms with Gasteiger partial charge in [0.1, 0.15) is 17.2 Å². The van der Waals surface area contributed by atoms with Crippen molar-refractivity contribution in [3.8, 4) is 0 Å². The van der Waals surface area contributed by atoms with E-state index in [4.69, 9.17) is 10.2 Å². The van der Waals surface area contributed by atoms with Crippen molar-refractivity contribution >= 4 is 11.0 Å². The molecule has 1 aromatic carbocycles. The van der Waals surface area contributed by atoms with Gasteiger partial charge in [0.05, 0.1) is 11.6 Å². The van der Waals surface area contributed by atoms with Crippen molar-refractivity contribution in [2.24, 2.45) is 5.73 Å². The number of rotatable bonds is 1. The zero-order chi connectivity index (χ0) is 11.2. The molecule has 0 atom stereocenters. The predicted octanol–water partition coefficient (Wildman–Crippen LogP) is 2.90. The highest BCUT2D eigenvalue weighted by Gasteiger charge is 2.26. The minimum Gasteiger partial charge on any atom is -0.464 e. The van der Waals surface area contributed by atoms with Crippen LogP contribution >= 0.6 is 0 Å². The second-order valence-electron chi connectivity index (χ2n) is 4.10. The molecule has 0 radical (unpaired) electrons. The molecule has 0 amide bonds. The molecule has 0 aliphatic carbocycles. The molecule has 80 valence electrons. The van der Waals surface area contributed by atoms with E-state index in [1.165, 1.54) is 12.3 Å². The Morgan fingerprint density at radius 1 is 1.33 bits per heavy atom. The van der Waals surface area contributed by atoms with Gasteiger partial charge in [0.25, 0.3) is 0 Å². The van der Waals surface area contributed by atoms with E-state index < -0.39 is 17.2 Å². The van der Waals surface area contributed by atoms with Crippen LogP contribution in [0.5, 0.6) is 0 Å². The Morgan fingerprint density at radius 2 is 2.00 bits per heavy atom. The Bertz CT molecular complexity index is 511. The van der Waals surface area contributed by atoms with E-state index >= 15 is 0 Å². The lowest BCUT2D eigenvalue weighted by Crippen LogP contribution is -2.31. The highest BCUT2D eigenvalue weighted by Crippen LogP contribution is 2.30. The van der Waals surface area contributed by atoms with E-state index in [1.807, 2.05) is 0 Å². The number of nitrogens with two attached hydrogens (primary N) is 1. The molecule has 0 unspecified atom stereocenters. The van der Waals surface area contributed by atoms with Gasteiger partial charge in [-0.15, -0.1) is 0 Å². The Balaban J connectivity index is 2.84. The first-order valence-electron chi connectivity index (χ1n) is 4.56. The average molecular weight is 211 g/mol. The third kappa shape index (κ3) is 1.51. The molecule has 0 saturated heterocycles. The quantitative estimate of drug-likeness (QED) is 0.787. The second kappa shape index (κ2) is 3.03. The molecular formula is C11H11F2NO. The standard InChI is InChI=1S/C11H11F2NO/c1-11(2,14)9-7(12)5-8-6(10(9)13)3-4-15-8/h3-5H,14H2,1-2H3. The molecule has 0 spiro atoms. The number of furan rings is 1. The van der Waals surface area contributed by atoms with Gasteiger partial charge < -0.3 is 10.2 Å². The number of benzene rings is 1. The minimum absolute atomic E-state index is 0.114. The van der Waals surface area contributed by atoms with Crippen LogP contribution in [0, 0.1) is 11.6 Å². The van der Waals surface area contributed by atoms with Crippen LogP contribution in [-0.4, -0.2) is 0 Å². The lowest BCUT2D eigenvalue weighted by Gasteiger charge is -2.20. The van der Waals surface area contributed by atoms with Crippen LogP contribution in [0.3, 0.4) is 0 Å². The summed E-state index contributed by atoms with van der Waals surface area (Å²) in [5.74, 6) is -1.33. The molecule has 0 aliphatic heterocycles. The van der Waals surface area contributed by atoms with Gasteiger partial charge in [0, 0.05) is 17.2 Å². The normalized spacial score (nSPS) is 12.3. The molecule has 0 aliphatic rings. The third-order valence-corrected chi connectivity index (χ3v) is 2.29. The first-order valence-corrected chi connectivity index (χ1v) is 4.56. The lowest BCUT2D eigenvalue weighted by atomic mass is 9.93. The molecule has 15 heavy (non-hydrogen) atoms. The van der Waals surface area contributed by atoms with E-state index in [1.54, 1.807) is 13.8 Å². The third-order valence-electron chi connectivity index (χ3n) is 2.29. The van der Waals surface area contributed by atoms with E-state index in [0.717, 1.165) is 6.07 Å². The van der Waals surface area contributed by atoms with Gasteiger partial charge in [0.2, 0.25) is 0 Å². The van der Waals surface area contributed by atoms with Gasteiger partial charge in [-0.25, -0.2) is 8.78 Å². The molecule has 2 nitrogen and oxygen atoms in total. The number of hydrogen-bond acceptors (Lipinski definition) is 2. The van der Waals surface area contributed by atoms with E-state index in [9.17, 15) is 8.78 Å². The minimum atomic E-state index is -1.06. The Hall–Kier alpha value is -1.42. The highest BCUT2D eigenvalue weighted by atomic mass is 19.1. The highest BCUT2D eigenvalue weighted by molar-refractivity contribution is 5.79. The van der Waals surface area contributed by atoms with Crippen LogP contribution in [0.15, 0.2) is 22.8 Å². The van der Waals surface area contributed by atoms with Crippen LogP contribution < -0.4 is 5.73 Å². The van der Waals surface area contributed by atoms with Crippen LogP contribution in [0.25, 0.3) is 11.0 Å². The molecule has 1 aromatic heterocycles. The van der Waals surface area contributed by atoms with E-state index in [0.29, 0.717) is 0 Å². The molecule has 0 bridgehead atoms. The van der Waals surface area contributed by atoms with Gasteiger partial charge in [-0.05, 0) is 19.9 Å². The van der Waals surface area contributed by atoms with Crippen LogP contribution in [-0.2, 0) is 5.54 Å². The smallest absolute Gasteiger partial charge is 0.142 e. The number of hydrogen-bond donors (Lipinski definition) is 1. The summed E-state index contributed by atoms with van der Waals surface area (Å²) in [6, 6.07) is 2.61. The summed E-state index contributed by atoms with van der Waals surface area (Å²) in [6.07, 6.45) is 1.32. The van der Waals surface area contributed by atoms with Crippen molar-refractivity contribution in [1.29, 1.82) is 0 Å². The topological polar surface area (TPSA) is 39.2 Å². The maximum Gasteiger partial charge on any atom is 0.142 e. The molecule has 2 rings (SSSR count). The van der Waals surface area contributed by atoms with Crippen molar-refractivity contribution in [3.05, 3.63) is 35.6 Å². The molecule has 4 heteroatoms. The Morgan fingerprint density at radius 3 is 2.60 bits per heavy atom. The molecule has 0 saturated carbocycles. The summed E-state index contributed by atoms with van der Waals surface area (Å²) < 4.78 is 32.4. The molecule has 0 fully saturated rings. The van der Waals surface area contributed by atoms with Crippen LogP contribution in [0.4, 0.5) is 8.78 Å². The summed E-state index contributed by atoms with van der Waals surface area (Å²) in [7, 11) is 0. The van der Waals surface area contributed by atoms with Crippen molar-refractivity contribution in [2.45, 2.75) is 19.4 Å². The maximum absolute atomic E-state index is 13.9.